The van der Waals surface area contributed by atoms with Gasteiger partial charge in [-0.15, -0.1) is 0 Å². The fourth-order valence-corrected chi connectivity index (χ4v) is 4.79. The Morgan fingerprint density at radius 3 is 2.48 bits per heavy atom. The smallest absolute Gasteiger partial charge is 0.287 e. The Balaban J connectivity index is 1.56. The number of carbonyl (C=O) groups is 1. The van der Waals surface area contributed by atoms with Gasteiger partial charge >= 0.3 is 0 Å². The maximum absolute atomic E-state index is 13.1. The van der Waals surface area contributed by atoms with Crippen molar-refractivity contribution in [2.45, 2.75) is 46.1 Å². The predicted molar refractivity (Wildman–Crippen MR) is 124 cm³/mol. The standard InChI is InChI=1S/C26H32N2O3/c1-17-14-18(2)24-19(3)25(31-23(24)15-17)26(29)27-16-22(28-12-6-5-7-13-28)20-8-10-21(30-4)11-9-20/h8-11,14-15,22H,5-7,12-13,16H2,1-4H3,(H,27,29). The topological polar surface area (TPSA) is 54.7 Å². The van der Waals surface area contributed by atoms with Crippen molar-refractivity contribution < 1.29 is 13.9 Å². The van der Waals surface area contributed by atoms with E-state index in [0.717, 1.165) is 46.5 Å². The summed E-state index contributed by atoms with van der Waals surface area (Å²) in [6, 6.07) is 12.4. The van der Waals surface area contributed by atoms with Gasteiger partial charge in [0.05, 0.1) is 13.2 Å². The first-order valence-corrected chi connectivity index (χ1v) is 11.1. The van der Waals surface area contributed by atoms with Gasteiger partial charge in [0.2, 0.25) is 0 Å². The summed E-state index contributed by atoms with van der Waals surface area (Å²) >= 11 is 0. The quantitative estimate of drug-likeness (QED) is 0.586. The number of amides is 1. The lowest BCUT2D eigenvalue weighted by atomic mass is 10.0. The van der Waals surface area contributed by atoms with Crippen LogP contribution in [0.4, 0.5) is 0 Å². The molecule has 164 valence electrons. The summed E-state index contributed by atoms with van der Waals surface area (Å²) in [6.07, 6.45) is 3.67. The number of fused-ring (bicyclic) bond motifs is 1. The number of methoxy groups -OCH3 is 1. The third kappa shape index (κ3) is 4.47. The summed E-state index contributed by atoms with van der Waals surface area (Å²) in [6.45, 7) is 8.72. The first kappa shape index (κ1) is 21.4. The highest BCUT2D eigenvalue weighted by Gasteiger charge is 2.25. The van der Waals surface area contributed by atoms with E-state index in [0.29, 0.717) is 12.3 Å². The molecule has 0 bridgehead atoms. The van der Waals surface area contributed by atoms with E-state index in [1.807, 2.05) is 32.0 Å². The molecule has 1 saturated heterocycles. The Kier molecular flexibility index (Phi) is 6.33. The molecular weight excluding hydrogens is 388 g/mol. The van der Waals surface area contributed by atoms with Crippen LogP contribution in [0.2, 0.25) is 0 Å². The van der Waals surface area contributed by atoms with Gasteiger partial charge in [0.25, 0.3) is 5.91 Å². The molecule has 2 aromatic carbocycles. The van der Waals surface area contributed by atoms with Crippen molar-refractivity contribution in [2.75, 3.05) is 26.7 Å². The molecule has 1 N–H and O–H groups in total. The van der Waals surface area contributed by atoms with E-state index in [2.05, 4.69) is 35.3 Å². The molecule has 1 aliphatic heterocycles. The number of nitrogens with one attached hydrogen (secondary N) is 1. The Hall–Kier alpha value is -2.79. The number of aryl methyl sites for hydroxylation is 3. The highest BCUT2D eigenvalue weighted by atomic mass is 16.5. The lowest BCUT2D eigenvalue weighted by molar-refractivity contribution is 0.0898. The van der Waals surface area contributed by atoms with Crippen molar-refractivity contribution in [1.82, 2.24) is 10.2 Å². The van der Waals surface area contributed by atoms with E-state index < -0.39 is 0 Å². The molecule has 1 aromatic heterocycles. The molecule has 5 nitrogen and oxygen atoms in total. The molecule has 2 heterocycles. The second-order valence-corrected chi connectivity index (χ2v) is 8.61. The minimum absolute atomic E-state index is 0.129. The maximum atomic E-state index is 13.1. The zero-order chi connectivity index (χ0) is 22.0. The molecule has 0 spiro atoms. The number of hydrogen-bond acceptors (Lipinski definition) is 4. The third-order valence-corrected chi connectivity index (χ3v) is 6.37. The summed E-state index contributed by atoms with van der Waals surface area (Å²) in [5, 5.41) is 4.19. The number of piperidine rings is 1. The molecule has 1 unspecified atom stereocenters. The van der Waals surface area contributed by atoms with Crippen LogP contribution in [0, 0.1) is 20.8 Å². The first-order valence-electron chi connectivity index (χ1n) is 11.1. The minimum Gasteiger partial charge on any atom is -0.497 e. The van der Waals surface area contributed by atoms with Gasteiger partial charge in [0.1, 0.15) is 11.3 Å². The van der Waals surface area contributed by atoms with Gasteiger partial charge in [0.15, 0.2) is 5.76 Å². The van der Waals surface area contributed by atoms with Crippen molar-refractivity contribution in [3.05, 3.63) is 64.4 Å². The monoisotopic (exact) mass is 420 g/mol. The summed E-state index contributed by atoms with van der Waals surface area (Å²) in [7, 11) is 1.68. The lowest BCUT2D eigenvalue weighted by Gasteiger charge is -2.35. The van der Waals surface area contributed by atoms with Gasteiger partial charge in [0, 0.05) is 17.5 Å². The van der Waals surface area contributed by atoms with E-state index in [9.17, 15) is 4.79 Å². The van der Waals surface area contributed by atoms with Crippen LogP contribution in [0.1, 0.15) is 58.1 Å². The van der Waals surface area contributed by atoms with Gasteiger partial charge in [-0.25, -0.2) is 0 Å². The van der Waals surface area contributed by atoms with E-state index in [-0.39, 0.29) is 11.9 Å². The Labute approximate surface area is 184 Å². The molecule has 4 rings (SSSR count). The number of furan rings is 1. The summed E-state index contributed by atoms with van der Waals surface area (Å²) < 4.78 is 11.3. The Morgan fingerprint density at radius 2 is 1.81 bits per heavy atom. The average molecular weight is 421 g/mol. The van der Waals surface area contributed by atoms with E-state index in [4.69, 9.17) is 9.15 Å². The zero-order valence-corrected chi connectivity index (χ0v) is 19.0. The maximum Gasteiger partial charge on any atom is 0.287 e. The van der Waals surface area contributed by atoms with Crippen LogP contribution >= 0.6 is 0 Å². The van der Waals surface area contributed by atoms with Crippen molar-refractivity contribution in [3.63, 3.8) is 0 Å². The van der Waals surface area contributed by atoms with Gasteiger partial charge in [-0.3, -0.25) is 9.69 Å². The Morgan fingerprint density at radius 1 is 1.10 bits per heavy atom. The largest absolute Gasteiger partial charge is 0.497 e. The number of ether oxygens (including phenoxy) is 1. The van der Waals surface area contributed by atoms with Crippen molar-refractivity contribution >= 4 is 16.9 Å². The summed E-state index contributed by atoms with van der Waals surface area (Å²) in [4.78, 5) is 15.6. The molecule has 1 fully saturated rings. The van der Waals surface area contributed by atoms with Crippen LogP contribution in [0.5, 0.6) is 5.75 Å². The molecule has 31 heavy (non-hydrogen) atoms. The van der Waals surface area contributed by atoms with Crippen molar-refractivity contribution in [1.29, 1.82) is 0 Å². The fourth-order valence-electron chi connectivity index (χ4n) is 4.79. The second-order valence-electron chi connectivity index (χ2n) is 8.61. The molecule has 5 heteroatoms. The van der Waals surface area contributed by atoms with Gasteiger partial charge in [-0.1, -0.05) is 24.6 Å². The van der Waals surface area contributed by atoms with Gasteiger partial charge < -0.3 is 14.5 Å². The molecule has 3 aromatic rings. The van der Waals surface area contributed by atoms with E-state index in [1.54, 1.807) is 7.11 Å². The predicted octanol–water partition coefficient (Wildman–Crippen LogP) is 5.32. The summed E-state index contributed by atoms with van der Waals surface area (Å²) in [5.74, 6) is 1.10. The van der Waals surface area contributed by atoms with Crippen LogP contribution in [-0.4, -0.2) is 37.6 Å². The van der Waals surface area contributed by atoms with Gasteiger partial charge in [-0.2, -0.15) is 0 Å². The van der Waals surface area contributed by atoms with Crippen LogP contribution in [0.25, 0.3) is 11.0 Å². The molecular formula is C26H32N2O3. The highest BCUT2D eigenvalue weighted by molar-refractivity contribution is 6.00. The minimum atomic E-state index is -0.152. The van der Waals surface area contributed by atoms with Crippen molar-refractivity contribution in [3.8, 4) is 5.75 Å². The Bertz CT molecular complexity index is 1060. The lowest BCUT2D eigenvalue weighted by Crippen LogP contribution is -2.40. The number of carbonyl (C=O) groups excluding carboxylic acids is 1. The molecule has 1 amide bonds. The number of likely N-dealkylation sites (tertiary alicyclic amines) is 1. The third-order valence-electron chi connectivity index (χ3n) is 6.37. The molecule has 0 aliphatic carbocycles. The van der Waals surface area contributed by atoms with Crippen molar-refractivity contribution in [2.24, 2.45) is 0 Å². The first-order chi connectivity index (χ1) is 15.0. The molecule has 0 radical (unpaired) electrons. The number of nitrogens with zero attached hydrogens (tertiary/aromatic N) is 1. The number of rotatable bonds is 6. The van der Waals surface area contributed by atoms with Crippen LogP contribution in [0.3, 0.4) is 0 Å². The molecule has 1 aliphatic rings. The SMILES string of the molecule is COc1ccc(C(CNC(=O)c2oc3cc(C)cc(C)c3c2C)N2CCCCC2)cc1. The second kappa shape index (κ2) is 9.15. The zero-order valence-electron chi connectivity index (χ0n) is 19.0. The van der Waals surface area contributed by atoms with E-state index in [1.165, 1.54) is 24.8 Å². The average Bonchev–Trinajstić information content (AvgIpc) is 3.11. The van der Waals surface area contributed by atoms with Crippen LogP contribution < -0.4 is 10.1 Å². The van der Waals surface area contributed by atoms with Crippen LogP contribution in [0.15, 0.2) is 40.8 Å². The normalized spacial score (nSPS) is 15.7. The molecule has 1 atom stereocenters. The van der Waals surface area contributed by atoms with Crippen LogP contribution in [-0.2, 0) is 0 Å². The fraction of sp³-hybridized carbons (Fsp3) is 0.423. The van der Waals surface area contributed by atoms with Gasteiger partial charge in [-0.05, 0) is 81.6 Å². The molecule has 0 saturated carbocycles. The van der Waals surface area contributed by atoms with E-state index >= 15 is 0 Å². The number of hydrogen-bond donors (Lipinski definition) is 1. The highest BCUT2D eigenvalue weighted by Crippen LogP contribution is 2.30. The number of benzene rings is 2. The summed E-state index contributed by atoms with van der Waals surface area (Å²) in [5.41, 5.74) is 5.15.